The highest BCUT2D eigenvalue weighted by atomic mass is 16.6. The van der Waals surface area contributed by atoms with Crippen molar-refractivity contribution in [2.24, 2.45) is 0 Å². The van der Waals surface area contributed by atoms with E-state index in [1.807, 2.05) is 0 Å². The summed E-state index contributed by atoms with van der Waals surface area (Å²) in [7, 11) is 2.15. The van der Waals surface area contributed by atoms with Gasteiger partial charge in [0.1, 0.15) is 5.56 Å². The second-order valence-electron chi connectivity index (χ2n) is 7.09. The SMILES string of the molecule is CN1CCN(c2ccc(CCCNC(=O)c3ccccc3[N+](=O)[O-])cc2)CC1. The van der Waals surface area contributed by atoms with Gasteiger partial charge >= 0.3 is 0 Å². The van der Waals surface area contributed by atoms with Crippen LogP contribution in [0.25, 0.3) is 0 Å². The number of hydrogen-bond donors (Lipinski definition) is 1. The number of nitro benzene ring substituents is 1. The monoisotopic (exact) mass is 382 g/mol. The number of aryl methyl sites for hydroxylation is 1. The molecule has 7 nitrogen and oxygen atoms in total. The molecule has 148 valence electrons. The molecular formula is C21H26N4O3. The molecule has 0 aliphatic carbocycles. The number of carbonyl (C=O) groups excluding carboxylic acids is 1. The van der Waals surface area contributed by atoms with Crippen molar-refractivity contribution in [3.05, 3.63) is 69.8 Å². The molecule has 0 bridgehead atoms. The Hall–Kier alpha value is -2.93. The van der Waals surface area contributed by atoms with Gasteiger partial charge in [0.2, 0.25) is 0 Å². The zero-order valence-electron chi connectivity index (χ0n) is 16.1. The van der Waals surface area contributed by atoms with Crippen LogP contribution in [0.15, 0.2) is 48.5 Å². The molecule has 1 aliphatic rings. The lowest BCUT2D eigenvalue weighted by Gasteiger charge is -2.34. The molecule has 2 aromatic rings. The molecule has 0 radical (unpaired) electrons. The molecular weight excluding hydrogens is 356 g/mol. The van der Waals surface area contributed by atoms with Gasteiger partial charge in [-0.3, -0.25) is 14.9 Å². The lowest BCUT2D eigenvalue weighted by atomic mass is 10.1. The normalized spacial score (nSPS) is 14.7. The van der Waals surface area contributed by atoms with E-state index < -0.39 is 10.8 Å². The van der Waals surface area contributed by atoms with E-state index in [4.69, 9.17) is 0 Å². The summed E-state index contributed by atoms with van der Waals surface area (Å²) in [5.74, 6) is -0.405. The summed E-state index contributed by atoms with van der Waals surface area (Å²) in [6, 6.07) is 14.6. The minimum Gasteiger partial charge on any atom is -0.369 e. The fourth-order valence-electron chi connectivity index (χ4n) is 3.35. The van der Waals surface area contributed by atoms with E-state index >= 15 is 0 Å². The molecule has 1 saturated heterocycles. The van der Waals surface area contributed by atoms with Crippen molar-refractivity contribution in [2.45, 2.75) is 12.8 Å². The summed E-state index contributed by atoms with van der Waals surface area (Å²) >= 11 is 0. The molecule has 0 saturated carbocycles. The van der Waals surface area contributed by atoms with Crippen LogP contribution < -0.4 is 10.2 Å². The fourth-order valence-corrected chi connectivity index (χ4v) is 3.35. The van der Waals surface area contributed by atoms with Gasteiger partial charge in [-0.05, 0) is 43.7 Å². The van der Waals surface area contributed by atoms with Crippen molar-refractivity contribution in [2.75, 3.05) is 44.7 Å². The Morgan fingerprint density at radius 3 is 2.43 bits per heavy atom. The van der Waals surface area contributed by atoms with Crippen molar-refractivity contribution in [3.8, 4) is 0 Å². The van der Waals surface area contributed by atoms with Gasteiger partial charge in [0, 0.05) is 44.5 Å². The van der Waals surface area contributed by atoms with Crippen LogP contribution in [0.5, 0.6) is 0 Å². The number of hydrogen-bond acceptors (Lipinski definition) is 5. The number of carbonyl (C=O) groups is 1. The Morgan fingerprint density at radius 2 is 1.75 bits per heavy atom. The first-order valence-electron chi connectivity index (χ1n) is 9.58. The van der Waals surface area contributed by atoms with Crippen LogP contribution in [0, 0.1) is 10.1 Å². The van der Waals surface area contributed by atoms with Gasteiger partial charge in [-0.1, -0.05) is 24.3 Å². The minimum absolute atomic E-state index is 0.101. The van der Waals surface area contributed by atoms with Gasteiger partial charge in [0.25, 0.3) is 11.6 Å². The summed E-state index contributed by atoms with van der Waals surface area (Å²) in [6.45, 7) is 4.74. The summed E-state index contributed by atoms with van der Waals surface area (Å²) in [5, 5.41) is 13.8. The standard InChI is InChI=1S/C21H26N4O3/c1-23-13-15-24(16-14-23)18-10-8-17(9-11-18)5-4-12-22-21(26)19-6-2-3-7-20(19)25(27)28/h2-3,6-11H,4-5,12-16H2,1H3,(H,22,26). The van der Waals surface area contributed by atoms with E-state index in [9.17, 15) is 14.9 Å². The Balaban J connectivity index is 1.45. The third-order valence-corrected chi connectivity index (χ3v) is 5.08. The predicted octanol–water partition coefficient (Wildman–Crippen LogP) is 2.71. The maximum Gasteiger partial charge on any atom is 0.282 e. The molecule has 1 fully saturated rings. The maximum absolute atomic E-state index is 12.2. The molecule has 1 amide bonds. The Bertz CT molecular complexity index is 815. The second kappa shape index (κ2) is 9.32. The fraction of sp³-hybridized carbons (Fsp3) is 0.381. The van der Waals surface area contributed by atoms with E-state index in [1.165, 1.54) is 23.4 Å². The summed E-state index contributed by atoms with van der Waals surface area (Å²) < 4.78 is 0. The number of nitrogens with zero attached hydrogens (tertiary/aromatic N) is 3. The van der Waals surface area contributed by atoms with Crippen molar-refractivity contribution in [1.29, 1.82) is 0 Å². The minimum atomic E-state index is -0.531. The number of nitro groups is 1. The molecule has 1 aliphatic heterocycles. The van der Waals surface area contributed by atoms with Gasteiger partial charge in [0.05, 0.1) is 4.92 Å². The number of para-hydroxylation sites is 1. The number of nitrogens with one attached hydrogen (secondary N) is 1. The quantitative estimate of drug-likeness (QED) is 0.453. The number of rotatable bonds is 7. The summed E-state index contributed by atoms with van der Waals surface area (Å²) in [5.41, 5.74) is 2.41. The predicted molar refractivity (Wildman–Crippen MR) is 110 cm³/mol. The van der Waals surface area contributed by atoms with Crippen LogP contribution in [0.3, 0.4) is 0 Å². The zero-order chi connectivity index (χ0) is 19.9. The van der Waals surface area contributed by atoms with E-state index in [0.29, 0.717) is 6.54 Å². The third-order valence-electron chi connectivity index (χ3n) is 5.08. The van der Waals surface area contributed by atoms with Crippen LogP contribution in [-0.4, -0.2) is 55.5 Å². The highest BCUT2D eigenvalue weighted by Crippen LogP contribution is 2.18. The van der Waals surface area contributed by atoms with E-state index in [-0.39, 0.29) is 11.3 Å². The molecule has 1 N–H and O–H groups in total. The van der Waals surface area contributed by atoms with Crippen LogP contribution in [0.2, 0.25) is 0 Å². The van der Waals surface area contributed by atoms with Crippen molar-refractivity contribution in [1.82, 2.24) is 10.2 Å². The highest BCUT2D eigenvalue weighted by Gasteiger charge is 2.18. The zero-order valence-corrected chi connectivity index (χ0v) is 16.1. The Labute approximate surface area is 165 Å². The highest BCUT2D eigenvalue weighted by molar-refractivity contribution is 5.98. The number of amides is 1. The van der Waals surface area contributed by atoms with E-state index in [0.717, 1.165) is 39.0 Å². The molecule has 2 aromatic carbocycles. The van der Waals surface area contributed by atoms with Crippen LogP contribution in [0.4, 0.5) is 11.4 Å². The van der Waals surface area contributed by atoms with Crippen LogP contribution in [-0.2, 0) is 6.42 Å². The molecule has 3 rings (SSSR count). The van der Waals surface area contributed by atoms with Crippen molar-refractivity contribution in [3.63, 3.8) is 0 Å². The number of benzene rings is 2. The first-order chi connectivity index (χ1) is 13.5. The number of likely N-dealkylation sites (N-methyl/N-ethyl adjacent to an activating group) is 1. The first kappa shape index (κ1) is 19.8. The van der Waals surface area contributed by atoms with Gasteiger partial charge < -0.3 is 15.1 Å². The summed E-state index contributed by atoms with van der Waals surface area (Å²) in [6.07, 6.45) is 1.63. The lowest BCUT2D eigenvalue weighted by molar-refractivity contribution is -0.385. The third kappa shape index (κ3) is 5.07. The first-order valence-corrected chi connectivity index (χ1v) is 9.58. The molecule has 0 spiro atoms. The summed E-state index contributed by atoms with van der Waals surface area (Å²) in [4.78, 5) is 27.4. The van der Waals surface area contributed by atoms with Crippen molar-refractivity contribution >= 4 is 17.3 Å². The largest absolute Gasteiger partial charge is 0.369 e. The van der Waals surface area contributed by atoms with E-state index in [2.05, 4.69) is 46.4 Å². The van der Waals surface area contributed by atoms with Gasteiger partial charge in [0.15, 0.2) is 0 Å². The van der Waals surface area contributed by atoms with Crippen LogP contribution >= 0.6 is 0 Å². The molecule has 0 unspecified atom stereocenters. The molecule has 28 heavy (non-hydrogen) atoms. The molecule has 1 heterocycles. The second-order valence-corrected chi connectivity index (χ2v) is 7.09. The van der Waals surface area contributed by atoms with Crippen LogP contribution in [0.1, 0.15) is 22.3 Å². The number of anilines is 1. The topological polar surface area (TPSA) is 78.7 Å². The molecule has 0 atom stereocenters. The maximum atomic E-state index is 12.2. The van der Waals surface area contributed by atoms with Gasteiger partial charge in [-0.2, -0.15) is 0 Å². The smallest absolute Gasteiger partial charge is 0.282 e. The van der Waals surface area contributed by atoms with Gasteiger partial charge in [-0.25, -0.2) is 0 Å². The Morgan fingerprint density at radius 1 is 1.07 bits per heavy atom. The molecule has 7 heteroatoms. The molecule has 0 aromatic heterocycles. The average Bonchev–Trinajstić information content (AvgIpc) is 2.72. The number of piperazine rings is 1. The Kier molecular flexibility index (Phi) is 6.60. The average molecular weight is 382 g/mol. The van der Waals surface area contributed by atoms with E-state index in [1.54, 1.807) is 12.1 Å². The van der Waals surface area contributed by atoms with Crippen molar-refractivity contribution < 1.29 is 9.72 Å². The lowest BCUT2D eigenvalue weighted by Crippen LogP contribution is -2.44. The van der Waals surface area contributed by atoms with Gasteiger partial charge in [-0.15, -0.1) is 0 Å².